The van der Waals surface area contributed by atoms with Gasteiger partial charge in [0.15, 0.2) is 5.65 Å². The second-order valence-corrected chi connectivity index (χ2v) is 17.4. The van der Waals surface area contributed by atoms with E-state index in [4.69, 9.17) is 15.6 Å². The summed E-state index contributed by atoms with van der Waals surface area (Å²) in [4.78, 5) is 63.9. The minimum Gasteiger partial charge on any atom is -0.457 e. The number of nitrogens with two attached hydrogens (primary N) is 1. The Hall–Kier alpha value is -5.60. The number of carbonyl (C=O) groups excluding carboxylic acids is 4. The Labute approximate surface area is 360 Å². The van der Waals surface area contributed by atoms with Crippen LogP contribution in [-0.2, 0) is 9.59 Å². The number of nitrogens with zero attached hydrogens (tertiary/aromatic N) is 6. The zero-order chi connectivity index (χ0) is 42.1. The summed E-state index contributed by atoms with van der Waals surface area (Å²) in [5.41, 5.74) is 9.69. The minimum atomic E-state index is -0.947. The maximum atomic E-state index is 13.3. The highest BCUT2D eigenvalue weighted by Crippen LogP contribution is 2.37. The molecule has 5 heterocycles. The molecule has 3 aliphatic heterocycles. The number of nitrogens with one attached hydrogen (secondary N) is 1. The molecule has 3 aromatic carbocycles. The molecule has 318 valence electrons. The fraction of sp³-hybridized carbons (Fsp3) is 0.426. The van der Waals surface area contributed by atoms with Gasteiger partial charge >= 0.3 is 0 Å². The average Bonchev–Trinajstić information content (AvgIpc) is 3.79. The number of likely N-dealkylation sites (tertiary alicyclic amines) is 1. The third-order valence-corrected chi connectivity index (χ3v) is 13.2. The van der Waals surface area contributed by atoms with Crippen molar-refractivity contribution in [1.29, 1.82) is 0 Å². The molecule has 13 nitrogen and oxygen atoms in total. The van der Waals surface area contributed by atoms with Crippen LogP contribution in [0.5, 0.6) is 11.5 Å². The summed E-state index contributed by atoms with van der Waals surface area (Å²) < 4.78 is 8.10. The number of rotatable bonds is 19. The van der Waals surface area contributed by atoms with Gasteiger partial charge in [0.25, 0.3) is 11.8 Å². The molecule has 2 saturated heterocycles. The summed E-state index contributed by atoms with van der Waals surface area (Å²) in [5, 5.41) is 8.18. The van der Waals surface area contributed by atoms with E-state index in [2.05, 4.69) is 24.9 Å². The molecule has 1 unspecified atom stereocenters. The van der Waals surface area contributed by atoms with Crippen LogP contribution >= 0.6 is 11.8 Å². The predicted octanol–water partition coefficient (Wildman–Crippen LogP) is 8.60. The van der Waals surface area contributed by atoms with Crippen molar-refractivity contribution in [3.63, 3.8) is 0 Å². The third-order valence-electron chi connectivity index (χ3n) is 12.0. The standard InChI is InChI=1S/C47H54N8O5S/c48-43-41-42(32-21-23-35(24-22-32)60-34-17-10-9-11-18-34)52-55(44(41)50-31-49-43)33-16-15-28-53(30-33)27-12-7-5-3-1-2-4-6-8-13-29-61-38-20-14-19-36-40(38)47(59)54(46(36)58)37-25-26-39(56)51-45(37)57/h9-11,14,17-24,31,33,37H,1-8,12-13,15-16,25-30H2,(H2,48,49,50)(H,51,56,57)/t33-,37?/m1/s1. The summed E-state index contributed by atoms with van der Waals surface area (Å²) in [6, 6.07) is 22.3. The molecule has 0 aliphatic carbocycles. The quantitative estimate of drug-likeness (QED) is 0.0465. The Morgan fingerprint density at radius 1 is 0.770 bits per heavy atom. The first-order valence-corrected chi connectivity index (χ1v) is 22.9. The predicted molar refractivity (Wildman–Crippen MR) is 236 cm³/mol. The molecular weight excluding hydrogens is 789 g/mol. The van der Waals surface area contributed by atoms with Crippen LogP contribution in [0.15, 0.2) is 84.0 Å². The van der Waals surface area contributed by atoms with Gasteiger partial charge in [0, 0.05) is 23.4 Å². The van der Waals surface area contributed by atoms with Gasteiger partial charge in [-0.15, -0.1) is 11.8 Å². The molecule has 14 heteroatoms. The SMILES string of the molecule is Nc1ncnc2c1c(-c1ccc(Oc3ccccc3)cc1)nn2[C@@H]1CCCN(CCCCCCCCCCCCSc2cccc3c2C(=O)N(C2CCC(=O)NC2=O)C3=O)C1. The monoisotopic (exact) mass is 842 g/mol. The summed E-state index contributed by atoms with van der Waals surface area (Å²) in [6.07, 6.45) is 16.0. The summed E-state index contributed by atoms with van der Waals surface area (Å²) in [7, 11) is 0. The molecule has 0 saturated carbocycles. The largest absolute Gasteiger partial charge is 0.457 e. The van der Waals surface area contributed by atoms with Crippen molar-refractivity contribution in [1.82, 2.24) is 34.9 Å². The highest BCUT2D eigenvalue weighted by Gasteiger charge is 2.45. The smallest absolute Gasteiger partial charge is 0.263 e. The third kappa shape index (κ3) is 9.81. The molecule has 4 amide bonds. The maximum absolute atomic E-state index is 13.3. The molecule has 2 aromatic heterocycles. The van der Waals surface area contributed by atoms with E-state index >= 15 is 0 Å². The topological polar surface area (TPSA) is 166 Å². The summed E-state index contributed by atoms with van der Waals surface area (Å²) >= 11 is 1.60. The molecule has 5 aromatic rings. The van der Waals surface area contributed by atoms with Crippen LogP contribution in [0.4, 0.5) is 5.82 Å². The van der Waals surface area contributed by atoms with Gasteiger partial charge in [-0.25, -0.2) is 14.6 Å². The molecular formula is C47H54N8O5S. The number of hydrogen-bond donors (Lipinski definition) is 2. The number of imide groups is 2. The highest BCUT2D eigenvalue weighted by molar-refractivity contribution is 7.99. The first-order valence-electron chi connectivity index (χ1n) is 21.9. The van der Waals surface area contributed by atoms with Gasteiger partial charge in [0.1, 0.15) is 35.4 Å². The van der Waals surface area contributed by atoms with E-state index < -0.39 is 23.8 Å². The van der Waals surface area contributed by atoms with Gasteiger partial charge in [0.05, 0.1) is 22.6 Å². The first kappa shape index (κ1) is 42.1. The van der Waals surface area contributed by atoms with Crippen LogP contribution in [0.1, 0.15) is 117 Å². The van der Waals surface area contributed by atoms with E-state index in [1.165, 1.54) is 57.7 Å². The molecule has 61 heavy (non-hydrogen) atoms. The van der Waals surface area contributed by atoms with Crippen molar-refractivity contribution in [2.45, 2.75) is 107 Å². The van der Waals surface area contributed by atoms with Crippen LogP contribution in [0.2, 0.25) is 0 Å². The lowest BCUT2D eigenvalue weighted by molar-refractivity contribution is -0.136. The normalized spacial score (nSPS) is 18.2. The van der Waals surface area contributed by atoms with Crippen molar-refractivity contribution in [3.05, 3.63) is 90.3 Å². The van der Waals surface area contributed by atoms with Crippen molar-refractivity contribution in [3.8, 4) is 22.8 Å². The summed E-state index contributed by atoms with van der Waals surface area (Å²) in [6.45, 7) is 3.14. The number of amides is 4. The lowest BCUT2D eigenvalue weighted by Gasteiger charge is -2.33. The van der Waals surface area contributed by atoms with Gasteiger partial charge in [0.2, 0.25) is 11.8 Å². The number of piperidine rings is 2. The van der Waals surface area contributed by atoms with Gasteiger partial charge in [-0.2, -0.15) is 5.10 Å². The Kier molecular flexibility index (Phi) is 13.7. The van der Waals surface area contributed by atoms with Gasteiger partial charge < -0.3 is 15.4 Å². The number of unbranched alkanes of at least 4 members (excludes halogenated alkanes) is 9. The molecule has 8 rings (SSSR count). The molecule has 3 N–H and O–H groups in total. The number of nitrogen functional groups attached to an aromatic ring is 1. The van der Waals surface area contributed by atoms with Crippen molar-refractivity contribution >= 4 is 52.2 Å². The van der Waals surface area contributed by atoms with E-state index in [-0.39, 0.29) is 24.8 Å². The number of fused-ring (bicyclic) bond motifs is 2. The maximum Gasteiger partial charge on any atom is 0.263 e. The number of para-hydroxylation sites is 1. The van der Waals surface area contributed by atoms with Crippen LogP contribution in [-0.4, -0.2) is 84.6 Å². The lowest BCUT2D eigenvalue weighted by atomic mass is 10.0. The van der Waals surface area contributed by atoms with Crippen LogP contribution < -0.4 is 15.8 Å². The first-order chi connectivity index (χ1) is 29.9. The zero-order valence-corrected chi connectivity index (χ0v) is 35.4. The molecule has 0 bridgehead atoms. The second-order valence-electron chi connectivity index (χ2n) is 16.3. The van der Waals surface area contributed by atoms with E-state index in [0.717, 1.165) is 94.7 Å². The Balaban J connectivity index is 0.715. The van der Waals surface area contributed by atoms with Crippen molar-refractivity contribution < 1.29 is 23.9 Å². The van der Waals surface area contributed by atoms with Gasteiger partial charge in [-0.05, 0) is 99.5 Å². The van der Waals surface area contributed by atoms with Crippen LogP contribution in [0, 0.1) is 0 Å². The lowest BCUT2D eigenvalue weighted by Crippen LogP contribution is -2.54. The number of thioether (sulfide) groups is 1. The Morgan fingerprint density at radius 3 is 2.25 bits per heavy atom. The van der Waals surface area contributed by atoms with Crippen molar-refractivity contribution in [2.24, 2.45) is 0 Å². The summed E-state index contributed by atoms with van der Waals surface area (Å²) in [5.74, 6) is 0.974. The number of aromatic nitrogens is 4. The van der Waals surface area contributed by atoms with Gasteiger partial charge in [-0.1, -0.05) is 75.6 Å². The Bertz CT molecular complexity index is 2350. The molecule has 0 spiro atoms. The molecule has 2 fully saturated rings. The second kappa shape index (κ2) is 19.9. The number of anilines is 1. The Morgan fingerprint density at radius 2 is 1.49 bits per heavy atom. The number of benzene rings is 3. The van der Waals surface area contributed by atoms with Crippen molar-refractivity contribution in [2.75, 3.05) is 31.1 Å². The molecule has 3 aliphatic rings. The van der Waals surface area contributed by atoms with E-state index in [0.29, 0.717) is 16.9 Å². The van der Waals surface area contributed by atoms with Crippen LogP contribution in [0.3, 0.4) is 0 Å². The molecule has 2 atom stereocenters. The highest BCUT2D eigenvalue weighted by atomic mass is 32.2. The number of ether oxygens (including phenoxy) is 1. The van der Waals surface area contributed by atoms with E-state index in [1.807, 2.05) is 60.7 Å². The fourth-order valence-electron chi connectivity index (χ4n) is 8.83. The van der Waals surface area contributed by atoms with E-state index in [9.17, 15) is 19.2 Å². The van der Waals surface area contributed by atoms with Gasteiger partial charge in [-0.3, -0.25) is 29.4 Å². The zero-order valence-electron chi connectivity index (χ0n) is 34.6. The number of hydrogen-bond acceptors (Lipinski definition) is 11. The molecule has 0 radical (unpaired) electrons. The van der Waals surface area contributed by atoms with Crippen LogP contribution in [0.25, 0.3) is 22.3 Å². The average molecular weight is 843 g/mol. The van der Waals surface area contributed by atoms with E-state index in [1.54, 1.807) is 23.9 Å². The fourth-order valence-corrected chi connectivity index (χ4v) is 9.91. The minimum absolute atomic E-state index is 0.110. The number of carbonyl (C=O) groups is 4.